The van der Waals surface area contributed by atoms with Crippen LogP contribution in [0.2, 0.25) is 0 Å². The number of thioether (sulfide) groups is 1. The van der Waals surface area contributed by atoms with Crippen LogP contribution in [0.15, 0.2) is 0 Å². The topological polar surface area (TPSA) is 24.1 Å². The Morgan fingerprint density at radius 3 is 2.93 bits per heavy atom. The second-order valence-corrected chi connectivity index (χ2v) is 5.71. The first-order valence-electron chi connectivity index (χ1n) is 5.88. The predicted octanol–water partition coefficient (Wildman–Crippen LogP) is 1.61. The second kappa shape index (κ2) is 5.38. The molecular formula is C11H22N2S. The van der Waals surface area contributed by atoms with E-state index in [1.165, 1.54) is 45.2 Å². The van der Waals surface area contributed by atoms with Crippen molar-refractivity contribution in [2.24, 2.45) is 0 Å². The molecule has 2 fully saturated rings. The molecule has 0 aromatic heterocycles. The van der Waals surface area contributed by atoms with Crippen molar-refractivity contribution in [3.8, 4) is 0 Å². The summed E-state index contributed by atoms with van der Waals surface area (Å²) < 4.78 is 0. The van der Waals surface area contributed by atoms with Crippen molar-refractivity contribution in [2.45, 2.75) is 49.4 Å². The maximum absolute atomic E-state index is 3.71. The van der Waals surface area contributed by atoms with Gasteiger partial charge in [-0.2, -0.15) is 11.8 Å². The minimum Gasteiger partial charge on any atom is -0.313 e. The van der Waals surface area contributed by atoms with E-state index >= 15 is 0 Å². The zero-order chi connectivity index (χ0) is 9.80. The van der Waals surface area contributed by atoms with Gasteiger partial charge in [-0.3, -0.25) is 0 Å². The number of rotatable bonds is 4. The van der Waals surface area contributed by atoms with Gasteiger partial charge in [-0.25, -0.2) is 0 Å². The van der Waals surface area contributed by atoms with E-state index in [-0.39, 0.29) is 0 Å². The zero-order valence-electron chi connectivity index (χ0n) is 9.09. The van der Waals surface area contributed by atoms with Crippen LogP contribution in [-0.2, 0) is 0 Å². The third kappa shape index (κ3) is 2.88. The van der Waals surface area contributed by atoms with Gasteiger partial charge in [-0.1, -0.05) is 0 Å². The van der Waals surface area contributed by atoms with E-state index in [9.17, 15) is 0 Å². The third-order valence-electron chi connectivity index (χ3n) is 3.53. The lowest BCUT2D eigenvalue weighted by molar-refractivity contribution is 0.466. The Hall–Kier alpha value is 0.270. The Kier molecular flexibility index (Phi) is 4.14. The minimum atomic E-state index is 0.753. The van der Waals surface area contributed by atoms with Gasteiger partial charge in [-0.05, 0) is 44.9 Å². The predicted molar refractivity (Wildman–Crippen MR) is 64.0 cm³/mol. The molecule has 3 heteroatoms. The zero-order valence-corrected chi connectivity index (χ0v) is 9.91. The molecule has 0 radical (unpaired) electrons. The smallest absolute Gasteiger partial charge is 0.0193 e. The van der Waals surface area contributed by atoms with Crippen molar-refractivity contribution >= 4 is 11.8 Å². The number of hydrogen-bond acceptors (Lipinski definition) is 3. The molecule has 2 aliphatic rings. The van der Waals surface area contributed by atoms with Gasteiger partial charge in [0.2, 0.25) is 0 Å². The Labute approximate surface area is 91.6 Å². The maximum atomic E-state index is 3.71. The Bertz CT molecular complexity index is 169. The molecule has 82 valence electrons. The summed E-state index contributed by atoms with van der Waals surface area (Å²) in [6.07, 6.45) is 9.16. The van der Waals surface area contributed by atoms with Crippen molar-refractivity contribution in [3.05, 3.63) is 0 Å². The van der Waals surface area contributed by atoms with Gasteiger partial charge in [0.1, 0.15) is 0 Å². The van der Waals surface area contributed by atoms with E-state index in [2.05, 4.69) is 16.9 Å². The molecule has 2 nitrogen and oxygen atoms in total. The van der Waals surface area contributed by atoms with Crippen LogP contribution in [0.3, 0.4) is 0 Å². The summed E-state index contributed by atoms with van der Waals surface area (Å²) in [5.74, 6) is 0. The van der Waals surface area contributed by atoms with Crippen molar-refractivity contribution < 1.29 is 0 Å². The van der Waals surface area contributed by atoms with Crippen LogP contribution in [0, 0.1) is 0 Å². The van der Waals surface area contributed by atoms with E-state index in [1.807, 2.05) is 11.8 Å². The fourth-order valence-corrected chi connectivity index (χ4v) is 3.38. The summed E-state index contributed by atoms with van der Waals surface area (Å²) in [6, 6.07) is 1.55. The van der Waals surface area contributed by atoms with Crippen molar-refractivity contribution in [1.82, 2.24) is 10.6 Å². The summed E-state index contributed by atoms with van der Waals surface area (Å²) in [5.41, 5.74) is 0. The van der Waals surface area contributed by atoms with E-state index in [4.69, 9.17) is 0 Å². The van der Waals surface area contributed by atoms with Gasteiger partial charge in [0.25, 0.3) is 0 Å². The van der Waals surface area contributed by atoms with Gasteiger partial charge >= 0.3 is 0 Å². The first kappa shape index (κ1) is 10.8. The van der Waals surface area contributed by atoms with Gasteiger partial charge in [0, 0.05) is 23.9 Å². The molecule has 0 bridgehead atoms. The van der Waals surface area contributed by atoms with Crippen molar-refractivity contribution in [1.29, 1.82) is 0 Å². The molecule has 1 saturated carbocycles. The highest BCUT2D eigenvalue weighted by Gasteiger charge is 2.24. The Morgan fingerprint density at radius 1 is 1.36 bits per heavy atom. The normalized spacial score (nSPS) is 37.9. The summed E-state index contributed by atoms with van der Waals surface area (Å²) in [7, 11) is 0. The molecule has 1 heterocycles. The minimum absolute atomic E-state index is 0.753. The summed E-state index contributed by atoms with van der Waals surface area (Å²) in [5, 5.41) is 8.17. The van der Waals surface area contributed by atoms with Crippen LogP contribution >= 0.6 is 11.8 Å². The molecule has 3 atom stereocenters. The lowest BCUT2D eigenvalue weighted by atomic mass is 10.2. The van der Waals surface area contributed by atoms with Crippen LogP contribution in [0.4, 0.5) is 0 Å². The average Bonchev–Trinajstić information content (AvgIpc) is 2.86. The van der Waals surface area contributed by atoms with Gasteiger partial charge < -0.3 is 10.6 Å². The molecule has 0 amide bonds. The second-order valence-electron chi connectivity index (χ2n) is 4.57. The summed E-state index contributed by atoms with van der Waals surface area (Å²) >= 11 is 2.04. The van der Waals surface area contributed by atoms with Crippen LogP contribution in [0.25, 0.3) is 0 Å². The van der Waals surface area contributed by atoms with E-state index < -0.39 is 0 Å². The number of hydrogen-bond donors (Lipinski definition) is 2. The molecule has 1 aliphatic heterocycles. The van der Waals surface area contributed by atoms with Gasteiger partial charge in [0.05, 0.1) is 0 Å². The monoisotopic (exact) mass is 214 g/mol. The lowest BCUT2D eigenvalue weighted by Gasteiger charge is -2.16. The molecule has 0 spiro atoms. The third-order valence-corrected chi connectivity index (χ3v) is 4.63. The molecule has 3 unspecified atom stereocenters. The van der Waals surface area contributed by atoms with E-state index in [0.717, 1.165) is 17.3 Å². The molecule has 0 aromatic rings. The largest absolute Gasteiger partial charge is 0.313 e. The van der Waals surface area contributed by atoms with E-state index in [1.54, 1.807) is 0 Å². The molecule has 1 saturated heterocycles. The number of nitrogens with one attached hydrogen (secondary N) is 2. The molecular weight excluding hydrogens is 192 g/mol. The van der Waals surface area contributed by atoms with Crippen LogP contribution in [-0.4, -0.2) is 36.7 Å². The standard InChI is InChI=1S/C11H22N2S/c1-14-11-5-4-9(7-11)13-8-10-3-2-6-12-10/h9-13H,2-8H2,1H3. The molecule has 2 rings (SSSR count). The van der Waals surface area contributed by atoms with Crippen LogP contribution in [0.5, 0.6) is 0 Å². The van der Waals surface area contributed by atoms with E-state index in [0.29, 0.717) is 0 Å². The van der Waals surface area contributed by atoms with Gasteiger partial charge in [0.15, 0.2) is 0 Å². The highest BCUT2D eigenvalue weighted by molar-refractivity contribution is 7.99. The molecule has 1 aliphatic carbocycles. The fraction of sp³-hybridized carbons (Fsp3) is 1.00. The lowest BCUT2D eigenvalue weighted by Crippen LogP contribution is -2.38. The fourth-order valence-electron chi connectivity index (χ4n) is 2.58. The maximum Gasteiger partial charge on any atom is 0.0193 e. The summed E-state index contributed by atoms with van der Waals surface area (Å²) in [6.45, 7) is 2.41. The van der Waals surface area contributed by atoms with Crippen molar-refractivity contribution in [3.63, 3.8) is 0 Å². The van der Waals surface area contributed by atoms with Crippen molar-refractivity contribution in [2.75, 3.05) is 19.3 Å². The first-order chi connectivity index (χ1) is 6.88. The molecule has 14 heavy (non-hydrogen) atoms. The molecule has 2 N–H and O–H groups in total. The Balaban J connectivity index is 1.61. The quantitative estimate of drug-likeness (QED) is 0.743. The van der Waals surface area contributed by atoms with Crippen LogP contribution < -0.4 is 10.6 Å². The highest BCUT2D eigenvalue weighted by Crippen LogP contribution is 2.28. The molecule has 0 aromatic carbocycles. The summed E-state index contributed by atoms with van der Waals surface area (Å²) in [4.78, 5) is 0. The van der Waals surface area contributed by atoms with Gasteiger partial charge in [-0.15, -0.1) is 0 Å². The van der Waals surface area contributed by atoms with Crippen LogP contribution in [0.1, 0.15) is 32.1 Å². The SMILES string of the molecule is CSC1CCC(NCC2CCCN2)C1. The first-order valence-corrected chi connectivity index (χ1v) is 7.17. The highest BCUT2D eigenvalue weighted by atomic mass is 32.2. The Morgan fingerprint density at radius 2 is 2.29 bits per heavy atom. The average molecular weight is 214 g/mol.